The summed E-state index contributed by atoms with van der Waals surface area (Å²) >= 11 is 0. The number of aliphatic hydroxyl groups excluding tert-OH is 1. The summed E-state index contributed by atoms with van der Waals surface area (Å²) in [6.45, 7) is -2.06. The number of nitrogens with zero attached hydrogens (tertiary/aromatic N) is 4. The number of phenols is 2. The van der Waals surface area contributed by atoms with Gasteiger partial charge in [-0.05, 0) is 150 Å². The Kier molecular flexibility index (Phi) is 50.8. The number of aromatic hydroxyl groups is 2. The molecule has 0 aliphatic rings. The van der Waals surface area contributed by atoms with Gasteiger partial charge in [-0.2, -0.15) is 0 Å². The van der Waals surface area contributed by atoms with Gasteiger partial charge < -0.3 is 170 Å². The fourth-order valence-electron chi connectivity index (χ4n) is 15.2. The molecule has 0 unspecified atom stereocenters. The van der Waals surface area contributed by atoms with Crippen molar-refractivity contribution in [1.29, 1.82) is 10.8 Å². The molecule has 15 amide bonds. The largest absolute Gasteiger partial charge is 0.508 e. The van der Waals surface area contributed by atoms with Crippen molar-refractivity contribution in [2.75, 3.05) is 52.4 Å². The normalized spacial score (nSPS) is 13.9. The second kappa shape index (κ2) is 63.5. The number of carboxylic acid groups (broad SMARTS) is 2. The second-order valence-electron chi connectivity index (χ2n) is 34.7. The zero-order chi connectivity index (χ0) is 108. The number of phenolic OH excluding ortho intramolecular Hbond substituents is 2. The number of guanidine groups is 2. The minimum absolute atomic E-state index is 0.000694. The lowest BCUT2D eigenvalue weighted by atomic mass is 10.0. The zero-order valence-electron chi connectivity index (χ0n) is 81.3. The molecule has 0 aliphatic carbocycles. The molecule has 7 aromatic rings. The summed E-state index contributed by atoms with van der Waals surface area (Å²) in [5.74, 6) is -19.0. The number of benzene rings is 3. The van der Waals surface area contributed by atoms with Crippen LogP contribution in [0.25, 0.3) is 0 Å². The van der Waals surface area contributed by atoms with Crippen LogP contribution in [-0.4, -0.2) is 315 Å². The number of carbonyl (C=O) groups is 17. The average molecular weight is 2070 g/mol. The quantitative estimate of drug-likeness (QED) is 0.00956. The Balaban J connectivity index is 1.11. The lowest BCUT2D eigenvalue weighted by Crippen LogP contribution is -2.62. The topological polar surface area (TPSA) is 914 Å². The molecule has 0 saturated heterocycles. The Labute approximate surface area is 849 Å². The highest BCUT2D eigenvalue weighted by atomic mass is 16.4. The highest BCUT2D eigenvalue weighted by Gasteiger charge is 2.40. The number of imidazole rings is 4. The van der Waals surface area contributed by atoms with Crippen LogP contribution in [0.5, 0.6) is 11.5 Å². The number of carbonyl (C=O) groups excluding carboxylic acids is 15. The van der Waals surface area contributed by atoms with E-state index in [1.54, 1.807) is 30.3 Å². The standard InChI is InChI=1S/C93H135N33O22/c94-29-7-4-14-62(119-84(140)67(113-75(130)41-97)35-53-19-23-59(128)24-20-53)79(135)118-65(18-11-33-107-93(100)101)80(136)116-63(15-5-8-30-95)81(137)121-68(34-52-12-2-1-3-13-52)85(141)123-69(37-55-42-102-48-109-55)87(143)120-66(27-28-77(132)133)83(139)117-64(16-6-9-31-96)82(138)122-71(39-57-44-104-50-111-57)88(144)124-72(40-58-45-105-51-112-58)89(145)126-74(47-127)90(146)125-70(38-56-43-103-49-110-56)86(142)115-61(17-10-32-106-92(98)99)78(134)108-46-76(131)114-73(91(147)148)36-54-21-25-60(129)26-22-54/h1-3,12-13,19-26,42-45,48-51,61-74,127-129H,4-11,14-18,27-41,46-47,94-97H2,(H,102,109)(H,103,110)(H,104,111)(H,105,112)(H,108,134)(H,113,130)(H,114,131)(H,115,142)(H,116,136)(H,117,139)(H,118,135)(H,119,140)(H,120,143)(H,121,137)(H,122,138)(H,123,141)(H,124,144)(H,125,146)(H,126,145)(H,132,133)(H,147,148)(H4,98,99,106)(H4,100,101,107)/t61-,62-,63-,64-,65-,66-,67-,68-,69-,70-,71-,72-,73-,74-/m0/s1. The number of carboxylic acids is 2. The van der Waals surface area contributed by atoms with Crippen LogP contribution < -0.4 is 125 Å². The highest BCUT2D eigenvalue weighted by Crippen LogP contribution is 2.19. The van der Waals surface area contributed by atoms with Gasteiger partial charge >= 0.3 is 11.9 Å². The molecule has 55 nitrogen and oxygen atoms in total. The third-order valence-electron chi connectivity index (χ3n) is 23.1. The number of nitrogens with two attached hydrogens (primary N) is 6. The lowest BCUT2D eigenvalue weighted by molar-refractivity contribution is -0.141. The van der Waals surface area contributed by atoms with E-state index in [0.29, 0.717) is 29.5 Å². The van der Waals surface area contributed by atoms with Gasteiger partial charge in [-0.1, -0.05) is 54.6 Å². The molecule has 0 aliphatic heterocycles. The second-order valence-corrected chi connectivity index (χ2v) is 34.7. The Bertz CT molecular complexity index is 5440. The van der Waals surface area contributed by atoms with Gasteiger partial charge in [-0.15, -0.1) is 0 Å². The van der Waals surface area contributed by atoms with E-state index in [2.05, 4.69) is 130 Å². The first-order valence-electron chi connectivity index (χ1n) is 48.0. The molecule has 0 radical (unpaired) electrons. The number of rotatable bonds is 69. The number of amides is 15. The van der Waals surface area contributed by atoms with Crippen LogP contribution in [0.4, 0.5) is 0 Å². The molecule has 55 heteroatoms. The number of hydrogen-bond donors (Lipinski definition) is 34. The minimum atomic E-state index is -1.95. The van der Waals surface area contributed by atoms with E-state index in [1.165, 1.54) is 98.6 Å². The molecule has 0 fully saturated rings. The van der Waals surface area contributed by atoms with Crippen LogP contribution in [0.3, 0.4) is 0 Å². The van der Waals surface area contributed by atoms with Crippen molar-refractivity contribution in [3.63, 3.8) is 0 Å². The van der Waals surface area contributed by atoms with E-state index in [0.717, 1.165) is 0 Å². The summed E-state index contributed by atoms with van der Waals surface area (Å²) in [6.07, 6.45) is 7.34. The van der Waals surface area contributed by atoms with Gasteiger partial charge in [0, 0.05) is 112 Å². The summed E-state index contributed by atoms with van der Waals surface area (Å²) in [4.78, 5) is 270. The molecule has 7 rings (SSSR count). The van der Waals surface area contributed by atoms with Crippen LogP contribution in [0, 0.1) is 10.8 Å². The maximum absolute atomic E-state index is 15.3. The first-order chi connectivity index (χ1) is 70.9. The maximum atomic E-state index is 15.3. The highest BCUT2D eigenvalue weighted by molar-refractivity contribution is 6.01. The Morgan fingerprint density at radius 1 is 0.304 bits per heavy atom. The number of aliphatic hydroxyl groups is 1. The molecule has 148 heavy (non-hydrogen) atoms. The van der Waals surface area contributed by atoms with Crippen molar-refractivity contribution >= 4 is 112 Å². The Morgan fingerprint density at radius 2 is 0.574 bits per heavy atom. The molecule has 14 atom stereocenters. The first-order valence-corrected chi connectivity index (χ1v) is 48.0. The molecular weight excluding hydrogens is 1930 g/mol. The third kappa shape index (κ3) is 43.2. The predicted octanol–water partition coefficient (Wildman–Crippen LogP) is -8.29. The van der Waals surface area contributed by atoms with Gasteiger partial charge in [0.1, 0.15) is 96.1 Å². The number of aliphatic carboxylic acids is 2. The zero-order valence-corrected chi connectivity index (χ0v) is 81.3. The summed E-state index contributed by atoms with van der Waals surface area (Å²) in [6, 6.07) is -3.10. The first kappa shape index (κ1) is 118. The van der Waals surface area contributed by atoms with Crippen LogP contribution in [0.2, 0.25) is 0 Å². The van der Waals surface area contributed by atoms with Crippen LogP contribution in [0.1, 0.15) is 136 Å². The van der Waals surface area contributed by atoms with Crippen molar-refractivity contribution in [2.24, 2.45) is 34.4 Å². The molecule has 0 bridgehead atoms. The van der Waals surface area contributed by atoms with Crippen molar-refractivity contribution in [3.05, 3.63) is 168 Å². The molecule has 3 aromatic carbocycles. The number of aromatic amines is 4. The molecule has 0 saturated carbocycles. The van der Waals surface area contributed by atoms with Crippen molar-refractivity contribution in [2.45, 2.75) is 226 Å². The Morgan fingerprint density at radius 3 is 0.872 bits per heavy atom. The third-order valence-corrected chi connectivity index (χ3v) is 23.1. The number of aromatic nitrogens is 8. The van der Waals surface area contributed by atoms with E-state index < -0.39 is 249 Å². The number of hydrogen-bond acceptors (Lipinski definition) is 30. The van der Waals surface area contributed by atoms with E-state index in [1.807, 2.05) is 0 Å². The van der Waals surface area contributed by atoms with Gasteiger partial charge in [0.25, 0.3) is 0 Å². The fraction of sp³-hybridized carbons (Fsp3) is 0.473. The monoisotopic (exact) mass is 2070 g/mol. The number of unbranched alkanes of at least 4 members (excludes halogenated alkanes) is 3. The van der Waals surface area contributed by atoms with E-state index >= 15 is 28.8 Å². The van der Waals surface area contributed by atoms with Crippen molar-refractivity contribution < 1.29 is 107 Å². The van der Waals surface area contributed by atoms with Crippen LogP contribution >= 0.6 is 0 Å². The molecule has 40 N–H and O–H groups in total. The van der Waals surface area contributed by atoms with E-state index in [9.17, 15) is 78.3 Å². The van der Waals surface area contributed by atoms with Crippen LogP contribution in [-0.2, 0) is 126 Å². The van der Waals surface area contributed by atoms with Gasteiger partial charge in [0.2, 0.25) is 88.6 Å². The summed E-state index contributed by atoms with van der Waals surface area (Å²) in [7, 11) is 0. The summed E-state index contributed by atoms with van der Waals surface area (Å²) in [5.41, 5.74) is 36.7. The van der Waals surface area contributed by atoms with Crippen molar-refractivity contribution in [1.82, 2.24) is 130 Å². The van der Waals surface area contributed by atoms with Crippen molar-refractivity contribution in [3.8, 4) is 11.5 Å². The van der Waals surface area contributed by atoms with Gasteiger partial charge in [-0.25, -0.2) is 24.7 Å². The molecule has 4 aromatic heterocycles. The smallest absolute Gasteiger partial charge is 0.326 e. The molecule has 804 valence electrons. The summed E-state index contributed by atoms with van der Waals surface area (Å²) < 4.78 is 0. The SMILES string of the molecule is N=C(N)NCCC[C@H](NC(=O)[C@H](Cc1cnc[nH]1)NC(=O)[C@H](CO)NC(=O)[C@H](Cc1cnc[nH]1)NC(=O)[C@H](Cc1cnc[nH]1)NC(=O)[C@H](CCCCN)NC(=O)[C@H](CCC(=O)O)NC(=O)[C@H](Cc1cnc[nH]1)NC(=O)[C@H](Cc1ccccc1)NC(=O)[C@H](CCCCN)NC(=O)[C@H](CCCNC(=N)N)NC(=O)[C@H](CCCCN)NC(=O)[C@H](Cc1ccc(O)cc1)NC(=O)CN)C(=O)NCC(=O)N[C@@H](Cc1ccc(O)cc1)C(=O)O. The van der Waals surface area contributed by atoms with Gasteiger partial charge in [-0.3, -0.25) is 87.5 Å². The average Bonchev–Trinajstić information content (AvgIpc) is 1.27. The molecule has 4 heterocycles. The fourth-order valence-corrected chi connectivity index (χ4v) is 15.2. The van der Waals surface area contributed by atoms with Crippen LogP contribution in [0.15, 0.2) is 129 Å². The van der Waals surface area contributed by atoms with E-state index in [-0.39, 0.29) is 163 Å². The minimum Gasteiger partial charge on any atom is -0.508 e. The maximum Gasteiger partial charge on any atom is 0.326 e. The summed E-state index contributed by atoms with van der Waals surface area (Å²) in [5, 5.41) is 110. The van der Waals surface area contributed by atoms with E-state index in [4.69, 9.17) is 45.2 Å². The van der Waals surface area contributed by atoms with Gasteiger partial charge in [0.05, 0.1) is 45.0 Å². The van der Waals surface area contributed by atoms with Gasteiger partial charge in [0.15, 0.2) is 11.9 Å². The number of H-pyrrole nitrogens is 4. The Hall–Kier alpha value is -16.6. The predicted molar refractivity (Wildman–Crippen MR) is 531 cm³/mol. The lowest BCUT2D eigenvalue weighted by Gasteiger charge is -2.29. The molecular formula is C93H135N33O22. The number of nitrogens with one attached hydrogen (secondary N) is 23. The molecule has 0 spiro atoms.